The van der Waals surface area contributed by atoms with Crippen molar-refractivity contribution in [1.82, 2.24) is 9.88 Å². The molecular weight excluding hydrogens is 254 g/mol. The van der Waals surface area contributed by atoms with E-state index in [1.807, 2.05) is 0 Å². The zero-order chi connectivity index (χ0) is 13.1. The molecule has 2 heterocycles. The standard InChI is InChI=1S/C12H14ClN3O2/c13-9-4-5-15-7-8(9)12(18)16-6-2-1-3-10(16)11(14)17/h4-5,7,10H,1-3,6H2,(H2,14,17). The predicted octanol–water partition coefficient (Wildman–Crippen LogP) is 1.21. The van der Waals surface area contributed by atoms with Crippen molar-refractivity contribution in [3.05, 3.63) is 29.0 Å². The second kappa shape index (κ2) is 5.35. The summed E-state index contributed by atoms with van der Waals surface area (Å²) in [5.41, 5.74) is 5.64. The van der Waals surface area contributed by atoms with Crippen LogP contribution < -0.4 is 5.73 Å². The van der Waals surface area contributed by atoms with E-state index in [9.17, 15) is 9.59 Å². The van der Waals surface area contributed by atoms with Crippen LogP contribution in [0.2, 0.25) is 5.02 Å². The first kappa shape index (κ1) is 12.8. The third-order valence-electron chi connectivity index (χ3n) is 3.09. The predicted molar refractivity (Wildman–Crippen MR) is 67.1 cm³/mol. The molecule has 6 heteroatoms. The second-order valence-electron chi connectivity index (χ2n) is 4.27. The normalized spacial score (nSPS) is 19.6. The molecule has 1 unspecified atom stereocenters. The van der Waals surface area contributed by atoms with E-state index in [2.05, 4.69) is 4.98 Å². The third-order valence-corrected chi connectivity index (χ3v) is 3.42. The SMILES string of the molecule is NC(=O)C1CCCCN1C(=O)c1cnccc1Cl. The molecule has 1 atom stereocenters. The maximum atomic E-state index is 12.3. The van der Waals surface area contributed by atoms with E-state index in [4.69, 9.17) is 17.3 Å². The summed E-state index contributed by atoms with van der Waals surface area (Å²) >= 11 is 5.96. The Kier molecular flexibility index (Phi) is 3.81. The largest absolute Gasteiger partial charge is 0.368 e. The Morgan fingerprint density at radius 2 is 2.22 bits per heavy atom. The number of amides is 2. The van der Waals surface area contributed by atoms with Crippen molar-refractivity contribution in [3.63, 3.8) is 0 Å². The number of piperidine rings is 1. The van der Waals surface area contributed by atoms with Crippen LogP contribution in [-0.4, -0.2) is 34.3 Å². The Morgan fingerprint density at radius 1 is 1.44 bits per heavy atom. The van der Waals surface area contributed by atoms with E-state index in [0.717, 1.165) is 12.8 Å². The van der Waals surface area contributed by atoms with Gasteiger partial charge in [0.25, 0.3) is 5.91 Å². The second-order valence-corrected chi connectivity index (χ2v) is 4.68. The molecular formula is C12H14ClN3O2. The van der Waals surface area contributed by atoms with Crippen LogP contribution in [0.1, 0.15) is 29.6 Å². The Bertz CT molecular complexity index is 478. The number of nitrogens with zero attached hydrogens (tertiary/aromatic N) is 2. The first-order valence-electron chi connectivity index (χ1n) is 5.81. The van der Waals surface area contributed by atoms with E-state index < -0.39 is 11.9 Å². The molecule has 96 valence electrons. The van der Waals surface area contributed by atoms with Gasteiger partial charge in [0.2, 0.25) is 5.91 Å². The molecule has 0 saturated carbocycles. The molecule has 2 amide bonds. The summed E-state index contributed by atoms with van der Waals surface area (Å²) in [5.74, 6) is -0.750. The summed E-state index contributed by atoms with van der Waals surface area (Å²) in [5, 5.41) is 0.337. The molecule has 5 nitrogen and oxygen atoms in total. The summed E-state index contributed by atoms with van der Waals surface area (Å²) in [6.07, 6.45) is 5.31. The monoisotopic (exact) mass is 267 g/mol. The number of hydrogen-bond donors (Lipinski definition) is 1. The van der Waals surface area contributed by atoms with Gasteiger partial charge in [-0.2, -0.15) is 0 Å². The zero-order valence-electron chi connectivity index (χ0n) is 9.80. The fourth-order valence-electron chi connectivity index (χ4n) is 2.16. The maximum Gasteiger partial charge on any atom is 0.257 e. The molecule has 1 aliphatic heterocycles. The average molecular weight is 268 g/mol. The molecule has 0 spiro atoms. The van der Waals surface area contributed by atoms with Crippen LogP contribution >= 0.6 is 11.6 Å². The smallest absolute Gasteiger partial charge is 0.257 e. The number of hydrogen-bond acceptors (Lipinski definition) is 3. The van der Waals surface area contributed by atoms with E-state index in [-0.39, 0.29) is 5.91 Å². The zero-order valence-corrected chi connectivity index (χ0v) is 10.6. The van der Waals surface area contributed by atoms with Crippen LogP contribution in [0.5, 0.6) is 0 Å². The molecule has 0 bridgehead atoms. The van der Waals surface area contributed by atoms with Gasteiger partial charge in [-0.1, -0.05) is 11.6 Å². The van der Waals surface area contributed by atoms with Gasteiger partial charge in [-0.05, 0) is 25.3 Å². The molecule has 2 rings (SSSR count). The minimum absolute atomic E-state index is 0.281. The molecule has 1 aliphatic rings. The van der Waals surface area contributed by atoms with Crippen molar-refractivity contribution in [1.29, 1.82) is 0 Å². The molecule has 1 aromatic heterocycles. The molecule has 1 saturated heterocycles. The van der Waals surface area contributed by atoms with Gasteiger partial charge in [-0.25, -0.2) is 0 Å². The van der Waals surface area contributed by atoms with E-state index >= 15 is 0 Å². The van der Waals surface area contributed by atoms with Crippen molar-refractivity contribution in [2.45, 2.75) is 25.3 Å². The highest BCUT2D eigenvalue weighted by Crippen LogP contribution is 2.22. The highest BCUT2D eigenvalue weighted by atomic mass is 35.5. The number of nitrogens with two attached hydrogens (primary N) is 1. The number of rotatable bonds is 2. The average Bonchev–Trinajstić information content (AvgIpc) is 2.38. The van der Waals surface area contributed by atoms with Crippen LogP contribution in [0, 0.1) is 0 Å². The van der Waals surface area contributed by atoms with Gasteiger partial charge < -0.3 is 10.6 Å². The first-order valence-corrected chi connectivity index (χ1v) is 6.19. The minimum Gasteiger partial charge on any atom is -0.368 e. The lowest BCUT2D eigenvalue weighted by atomic mass is 10.0. The first-order chi connectivity index (χ1) is 8.61. The van der Waals surface area contributed by atoms with Gasteiger partial charge in [0.15, 0.2) is 0 Å². The Hall–Kier alpha value is -1.62. The fraction of sp³-hybridized carbons (Fsp3) is 0.417. The van der Waals surface area contributed by atoms with Gasteiger partial charge in [0, 0.05) is 18.9 Å². The van der Waals surface area contributed by atoms with Crippen LogP contribution in [0.3, 0.4) is 0 Å². The van der Waals surface area contributed by atoms with Crippen molar-refractivity contribution in [2.24, 2.45) is 5.73 Å². The molecule has 0 aromatic carbocycles. The number of halogens is 1. The highest BCUT2D eigenvalue weighted by molar-refractivity contribution is 6.33. The van der Waals surface area contributed by atoms with E-state index in [1.165, 1.54) is 17.3 Å². The van der Waals surface area contributed by atoms with Gasteiger partial charge >= 0.3 is 0 Å². The van der Waals surface area contributed by atoms with E-state index in [1.54, 1.807) is 6.07 Å². The highest BCUT2D eigenvalue weighted by Gasteiger charge is 2.31. The Labute approximate surface area is 110 Å². The number of carbonyl (C=O) groups is 2. The summed E-state index contributed by atoms with van der Waals surface area (Å²) in [6, 6.07) is 1.01. The molecule has 18 heavy (non-hydrogen) atoms. The number of carbonyl (C=O) groups excluding carboxylic acids is 2. The van der Waals surface area contributed by atoms with Crippen molar-refractivity contribution >= 4 is 23.4 Å². The maximum absolute atomic E-state index is 12.3. The Morgan fingerprint density at radius 3 is 2.89 bits per heavy atom. The number of pyridine rings is 1. The minimum atomic E-state index is -0.539. The topological polar surface area (TPSA) is 76.3 Å². The third kappa shape index (κ3) is 2.46. The van der Waals surface area contributed by atoms with Crippen LogP contribution in [0.4, 0.5) is 0 Å². The van der Waals surface area contributed by atoms with E-state index in [0.29, 0.717) is 23.6 Å². The van der Waals surface area contributed by atoms with Crippen molar-refractivity contribution in [2.75, 3.05) is 6.54 Å². The molecule has 0 radical (unpaired) electrons. The summed E-state index contributed by atoms with van der Waals surface area (Å²) in [6.45, 7) is 0.525. The molecule has 0 aliphatic carbocycles. The van der Waals surface area contributed by atoms with Gasteiger partial charge in [-0.3, -0.25) is 14.6 Å². The molecule has 1 fully saturated rings. The summed E-state index contributed by atoms with van der Waals surface area (Å²) in [7, 11) is 0. The van der Waals surface area contributed by atoms with Gasteiger partial charge in [0.1, 0.15) is 6.04 Å². The molecule has 2 N–H and O–H groups in total. The number of primary amides is 1. The van der Waals surface area contributed by atoms with Crippen molar-refractivity contribution in [3.8, 4) is 0 Å². The summed E-state index contributed by atoms with van der Waals surface area (Å²) in [4.78, 5) is 29.1. The Balaban J connectivity index is 2.27. The summed E-state index contributed by atoms with van der Waals surface area (Å²) < 4.78 is 0. The lowest BCUT2D eigenvalue weighted by Crippen LogP contribution is -2.50. The fourth-order valence-corrected chi connectivity index (χ4v) is 2.35. The number of likely N-dealkylation sites (tertiary alicyclic amines) is 1. The molecule has 1 aromatic rings. The lowest BCUT2D eigenvalue weighted by Gasteiger charge is -2.33. The lowest BCUT2D eigenvalue weighted by molar-refractivity contribution is -0.123. The quantitative estimate of drug-likeness (QED) is 0.875. The van der Waals surface area contributed by atoms with Crippen LogP contribution in [0.25, 0.3) is 0 Å². The van der Waals surface area contributed by atoms with Crippen LogP contribution in [0.15, 0.2) is 18.5 Å². The van der Waals surface area contributed by atoms with Crippen molar-refractivity contribution < 1.29 is 9.59 Å². The number of aromatic nitrogens is 1. The van der Waals surface area contributed by atoms with Gasteiger partial charge in [-0.15, -0.1) is 0 Å². The van der Waals surface area contributed by atoms with Gasteiger partial charge in [0.05, 0.1) is 10.6 Å². The van der Waals surface area contributed by atoms with Crippen LogP contribution in [-0.2, 0) is 4.79 Å².